The van der Waals surface area contributed by atoms with Gasteiger partial charge >= 0.3 is 0 Å². The van der Waals surface area contributed by atoms with Gasteiger partial charge in [-0.1, -0.05) is 0 Å². The fraction of sp³-hybridized carbons (Fsp3) is 0.143. The lowest BCUT2D eigenvalue weighted by Gasteiger charge is -2.04. The number of hydrogen-bond donors (Lipinski definition) is 0. The molecule has 0 aliphatic carbocycles. The third-order valence-corrected chi connectivity index (χ3v) is 4.51. The van der Waals surface area contributed by atoms with Crippen LogP contribution >= 0.6 is 0 Å². The van der Waals surface area contributed by atoms with Gasteiger partial charge in [0.05, 0.1) is 11.1 Å². The number of rotatable bonds is 1. The lowest BCUT2D eigenvalue weighted by atomic mass is 10.00. The molecule has 4 rings (SSSR count). The number of hydrogen-bond acceptors (Lipinski definition) is 2. The molecule has 2 heterocycles. The molecular weight excluding hydrogens is 296 g/mol. The molecule has 0 saturated carbocycles. The van der Waals surface area contributed by atoms with Gasteiger partial charge in [0.1, 0.15) is 18.7 Å². The number of fused-ring (bicyclic) bond motifs is 3. The first-order valence-corrected chi connectivity index (χ1v) is 7.91. The van der Waals surface area contributed by atoms with E-state index < -0.39 is 0 Å². The largest absolute Gasteiger partial charge is 0.455 e. The first kappa shape index (κ1) is 14.5. The van der Waals surface area contributed by atoms with Gasteiger partial charge in [0, 0.05) is 22.9 Å². The van der Waals surface area contributed by atoms with Gasteiger partial charge in [0.2, 0.25) is 5.69 Å². The van der Waals surface area contributed by atoms with Crippen LogP contribution in [0.5, 0.6) is 0 Å². The smallest absolute Gasteiger partial charge is 0.212 e. The van der Waals surface area contributed by atoms with E-state index in [2.05, 4.69) is 41.8 Å². The molecule has 0 bridgehead atoms. The van der Waals surface area contributed by atoms with Crippen LogP contribution < -0.4 is 4.57 Å². The van der Waals surface area contributed by atoms with Crippen molar-refractivity contribution in [2.24, 2.45) is 7.05 Å². The van der Waals surface area contributed by atoms with E-state index in [-0.39, 0.29) is 0 Å². The van der Waals surface area contributed by atoms with Gasteiger partial charge in [0.25, 0.3) is 0 Å². The van der Waals surface area contributed by atoms with E-state index >= 15 is 0 Å². The number of nitriles is 1. The molecule has 0 N–H and O–H groups in total. The molecule has 24 heavy (non-hydrogen) atoms. The molecule has 0 unspecified atom stereocenters. The number of benzene rings is 2. The summed E-state index contributed by atoms with van der Waals surface area (Å²) < 4.78 is 8.15. The minimum Gasteiger partial charge on any atom is -0.455 e. The van der Waals surface area contributed by atoms with Gasteiger partial charge in [-0.3, -0.25) is 0 Å². The van der Waals surface area contributed by atoms with Crippen molar-refractivity contribution in [2.75, 3.05) is 0 Å². The quantitative estimate of drug-likeness (QED) is 0.483. The second-order valence-corrected chi connectivity index (χ2v) is 6.26. The highest BCUT2D eigenvalue weighted by Crippen LogP contribution is 2.35. The molecule has 3 heteroatoms. The van der Waals surface area contributed by atoms with Gasteiger partial charge in [-0.05, 0) is 55.3 Å². The van der Waals surface area contributed by atoms with Crippen molar-refractivity contribution in [1.29, 1.82) is 5.26 Å². The molecule has 4 aromatic rings. The van der Waals surface area contributed by atoms with Crippen LogP contribution in [-0.2, 0) is 7.05 Å². The third-order valence-electron chi connectivity index (χ3n) is 4.51. The number of pyridine rings is 1. The van der Waals surface area contributed by atoms with E-state index in [0.717, 1.165) is 33.2 Å². The molecule has 0 spiro atoms. The van der Waals surface area contributed by atoms with Crippen molar-refractivity contribution < 1.29 is 8.98 Å². The highest BCUT2D eigenvalue weighted by molar-refractivity contribution is 6.08. The highest BCUT2D eigenvalue weighted by Gasteiger charge is 2.17. The molecule has 0 atom stereocenters. The molecule has 0 radical (unpaired) electrons. The van der Waals surface area contributed by atoms with E-state index in [9.17, 15) is 5.26 Å². The minimum atomic E-state index is 0.589. The highest BCUT2D eigenvalue weighted by atomic mass is 16.3. The predicted octanol–water partition coefficient (Wildman–Crippen LogP) is 4.57. The van der Waals surface area contributed by atoms with Crippen LogP contribution in [-0.4, -0.2) is 0 Å². The number of furan rings is 1. The summed E-state index contributed by atoms with van der Waals surface area (Å²) in [5.41, 5.74) is 6.60. The first-order valence-electron chi connectivity index (χ1n) is 7.91. The summed E-state index contributed by atoms with van der Waals surface area (Å²) in [7, 11) is 2.04. The summed E-state index contributed by atoms with van der Waals surface area (Å²) in [4.78, 5) is 0. The second-order valence-electron chi connectivity index (χ2n) is 6.26. The average Bonchev–Trinajstić information content (AvgIpc) is 2.91. The number of aryl methyl sites for hydroxylation is 3. The topological polar surface area (TPSA) is 40.8 Å². The van der Waals surface area contributed by atoms with E-state index in [1.54, 1.807) is 0 Å². The maximum Gasteiger partial charge on any atom is 0.212 e. The minimum absolute atomic E-state index is 0.589. The Morgan fingerprint density at radius 1 is 1.04 bits per heavy atom. The molecule has 0 saturated heterocycles. The molecule has 0 fully saturated rings. The Morgan fingerprint density at radius 3 is 2.62 bits per heavy atom. The summed E-state index contributed by atoms with van der Waals surface area (Å²) in [5, 5.41) is 11.5. The summed E-state index contributed by atoms with van der Waals surface area (Å²) in [6, 6.07) is 16.6. The Labute approximate surface area is 140 Å². The van der Waals surface area contributed by atoms with Gasteiger partial charge in [0.15, 0.2) is 11.8 Å². The zero-order chi connectivity index (χ0) is 16.8. The second kappa shape index (κ2) is 5.21. The van der Waals surface area contributed by atoms with Gasteiger partial charge < -0.3 is 4.42 Å². The summed E-state index contributed by atoms with van der Waals surface area (Å²) in [6.45, 7) is 4.12. The van der Waals surface area contributed by atoms with Crippen LogP contribution in [0.3, 0.4) is 0 Å². The van der Waals surface area contributed by atoms with Crippen molar-refractivity contribution in [2.45, 2.75) is 13.8 Å². The predicted molar refractivity (Wildman–Crippen MR) is 94.5 cm³/mol. The maximum atomic E-state index is 9.40. The molecule has 0 aliphatic rings. The van der Waals surface area contributed by atoms with Crippen LogP contribution in [0.2, 0.25) is 0 Å². The van der Waals surface area contributed by atoms with Crippen molar-refractivity contribution in [3.05, 3.63) is 65.4 Å². The average molecular weight is 313 g/mol. The Kier molecular flexibility index (Phi) is 3.14. The molecule has 0 amide bonds. The SMILES string of the molecule is Cc1cc(C#N)c2oc3cc(-c4cccc[n+]4C)c(C)cc3c2c1. The zero-order valence-corrected chi connectivity index (χ0v) is 13.9. The lowest BCUT2D eigenvalue weighted by molar-refractivity contribution is -0.660. The Hall–Kier alpha value is -3.12. The molecule has 116 valence electrons. The standard InChI is InChI=1S/C21H17N2O/c1-13-8-15(12-22)21-18(9-13)17-10-14(2)16(11-20(17)24-21)19-6-4-5-7-23(19)3/h4-11H,1-3H3/q+1. The summed E-state index contributed by atoms with van der Waals surface area (Å²) in [5.74, 6) is 0. The molecule has 2 aromatic carbocycles. The van der Waals surface area contributed by atoms with Crippen LogP contribution in [0.25, 0.3) is 33.2 Å². The number of nitrogens with zero attached hydrogens (tertiary/aromatic N) is 2. The number of aromatic nitrogens is 1. The van der Waals surface area contributed by atoms with Crippen molar-refractivity contribution >= 4 is 21.9 Å². The molecule has 3 nitrogen and oxygen atoms in total. The third kappa shape index (κ3) is 2.08. The normalized spacial score (nSPS) is 11.1. The Bertz CT molecular complexity index is 1150. The van der Waals surface area contributed by atoms with E-state index in [1.807, 2.05) is 38.4 Å². The zero-order valence-electron chi connectivity index (χ0n) is 13.9. The molecule has 2 aromatic heterocycles. The van der Waals surface area contributed by atoms with Crippen LogP contribution in [0.1, 0.15) is 16.7 Å². The van der Waals surface area contributed by atoms with E-state index in [0.29, 0.717) is 11.1 Å². The van der Waals surface area contributed by atoms with Crippen molar-refractivity contribution in [3.8, 4) is 17.3 Å². The Balaban J connectivity index is 2.08. The van der Waals surface area contributed by atoms with E-state index in [4.69, 9.17) is 4.42 Å². The first-order chi connectivity index (χ1) is 11.6. The van der Waals surface area contributed by atoms with Crippen molar-refractivity contribution in [3.63, 3.8) is 0 Å². The summed E-state index contributed by atoms with van der Waals surface area (Å²) in [6.07, 6.45) is 2.04. The van der Waals surface area contributed by atoms with Crippen LogP contribution in [0.4, 0.5) is 0 Å². The maximum absolute atomic E-state index is 9.40. The van der Waals surface area contributed by atoms with Crippen LogP contribution in [0.15, 0.2) is 53.1 Å². The van der Waals surface area contributed by atoms with Gasteiger partial charge in [-0.2, -0.15) is 5.26 Å². The monoisotopic (exact) mass is 313 g/mol. The van der Waals surface area contributed by atoms with Crippen LogP contribution in [0, 0.1) is 25.2 Å². The molecular formula is C21H17N2O+. The van der Waals surface area contributed by atoms with Gasteiger partial charge in [-0.25, -0.2) is 4.57 Å². The lowest BCUT2D eigenvalue weighted by Crippen LogP contribution is -2.30. The van der Waals surface area contributed by atoms with Crippen molar-refractivity contribution in [1.82, 2.24) is 0 Å². The van der Waals surface area contributed by atoms with E-state index in [1.165, 1.54) is 5.56 Å². The van der Waals surface area contributed by atoms with Gasteiger partial charge in [-0.15, -0.1) is 0 Å². The fourth-order valence-corrected chi connectivity index (χ4v) is 3.34. The summed E-state index contributed by atoms with van der Waals surface area (Å²) >= 11 is 0. The fourth-order valence-electron chi connectivity index (χ4n) is 3.34. The molecule has 0 aliphatic heterocycles. The Morgan fingerprint density at radius 2 is 1.88 bits per heavy atom.